The van der Waals surface area contributed by atoms with E-state index < -0.39 is 7.82 Å². The Morgan fingerprint density at radius 1 is 1.11 bits per heavy atom. The molecule has 0 aromatic rings. The van der Waals surface area contributed by atoms with E-state index in [-0.39, 0.29) is 23.7 Å². The molecule has 0 aliphatic rings. The Balaban J connectivity index is 0. The zero-order valence-electron chi connectivity index (χ0n) is 11.7. The van der Waals surface area contributed by atoms with Crippen molar-refractivity contribution in [3.05, 3.63) is 0 Å². The molecule has 6 heteroatoms. The van der Waals surface area contributed by atoms with E-state index in [4.69, 9.17) is 9.05 Å². The summed E-state index contributed by atoms with van der Waals surface area (Å²) >= 11 is 0. The van der Waals surface area contributed by atoms with Gasteiger partial charge in [-0.2, -0.15) is 0 Å². The second-order valence-electron chi connectivity index (χ2n) is 4.37. The van der Waals surface area contributed by atoms with Crippen molar-refractivity contribution >= 4 is 7.82 Å². The van der Waals surface area contributed by atoms with Crippen LogP contribution in [0.25, 0.3) is 0 Å². The molecule has 0 saturated heterocycles. The summed E-state index contributed by atoms with van der Waals surface area (Å²) in [6.07, 6.45) is 6.00. The Kier molecular flexibility index (Phi) is 14.7. The van der Waals surface area contributed by atoms with E-state index in [9.17, 15) is 9.46 Å². The van der Waals surface area contributed by atoms with Crippen molar-refractivity contribution in [2.75, 3.05) is 13.2 Å². The predicted molar refractivity (Wildman–Crippen MR) is 69.9 cm³/mol. The summed E-state index contributed by atoms with van der Waals surface area (Å²) in [6.45, 7) is 6.82. The fraction of sp³-hybridized carbons (Fsp3) is 1.00. The Morgan fingerprint density at radius 3 is 2.22 bits per heavy atom. The van der Waals surface area contributed by atoms with Gasteiger partial charge in [0.05, 0.1) is 13.2 Å². The van der Waals surface area contributed by atoms with E-state index in [1.807, 2.05) is 6.92 Å². The van der Waals surface area contributed by atoms with E-state index >= 15 is 0 Å². The van der Waals surface area contributed by atoms with E-state index in [2.05, 4.69) is 13.8 Å². The van der Waals surface area contributed by atoms with Crippen LogP contribution < -0.4 is 0 Å². The van der Waals surface area contributed by atoms with Crippen LogP contribution in [0.1, 0.15) is 59.3 Å². The number of unbranched alkanes of at least 4 members (excludes halogenated alkanes) is 2. The minimum atomic E-state index is -3.82. The van der Waals surface area contributed by atoms with Crippen LogP contribution in [0.2, 0.25) is 0 Å². The number of hydrogen-bond donors (Lipinski definition) is 1. The number of phosphoric ester groups is 1. The van der Waals surface area contributed by atoms with Crippen LogP contribution >= 0.6 is 7.82 Å². The predicted octanol–water partition coefficient (Wildman–Crippen LogP) is 4.13. The second kappa shape index (κ2) is 12.7. The van der Waals surface area contributed by atoms with Crippen molar-refractivity contribution in [1.29, 1.82) is 0 Å². The molecule has 0 bridgehead atoms. The third kappa shape index (κ3) is 11.7. The van der Waals surface area contributed by atoms with Gasteiger partial charge in [0.1, 0.15) is 0 Å². The van der Waals surface area contributed by atoms with Crippen LogP contribution in [0.4, 0.5) is 0 Å². The van der Waals surface area contributed by atoms with Gasteiger partial charge in [-0.25, -0.2) is 4.57 Å². The molecular formula is C12H27FeO4P. The maximum Gasteiger partial charge on any atom is 0.472 e. The largest absolute Gasteiger partial charge is 0.472 e. The molecule has 18 heavy (non-hydrogen) atoms. The zero-order valence-corrected chi connectivity index (χ0v) is 13.7. The van der Waals surface area contributed by atoms with Crippen LogP contribution in [-0.4, -0.2) is 18.1 Å². The standard InChI is InChI=1S/C12H27O4P.Fe/c1-4-7-9-12(6-3)11-16-17(13,14)15-10-8-5-2;/h12H,4-11H2,1-3H3,(H,13,14);. The molecule has 2 unspecified atom stereocenters. The third-order valence-electron chi connectivity index (χ3n) is 2.77. The normalized spacial score (nSPS) is 15.8. The fourth-order valence-electron chi connectivity index (χ4n) is 1.46. The van der Waals surface area contributed by atoms with Crippen LogP contribution in [0, 0.1) is 5.92 Å². The summed E-state index contributed by atoms with van der Waals surface area (Å²) in [5.74, 6) is 0.352. The maximum absolute atomic E-state index is 11.5. The molecule has 0 radical (unpaired) electrons. The van der Waals surface area contributed by atoms with Crippen LogP contribution in [0.3, 0.4) is 0 Å². The van der Waals surface area contributed by atoms with Crippen molar-refractivity contribution in [1.82, 2.24) is 0 Å². The molecule has 0 rings (SSSR count). The van der Waals surface area contributed by atoms with E-state index in [0.29, 0.717) is 12.5 Å². The summed E-state index contributed by atoms with van der Waals surface area (Å²) in [5, 5.41) is 0. The quantitative estimate of drug-likeness (QED) is 0.353. The number of rotatable bonds is 11. The average molecular weight is 322 g/mol. The summed E-state index contributed by atoms with van der Waals surface area (Å²) in [6, 6.07) is 0. The molecule has 0 aromatic carbocycles. The van der Waals surface area contributed by atoms with Gasteiger partial charge in [-0.1, -0.05) is 46.5 Å². The minimum Gasteiger partial charge on any atom is -0.302 e. The van der Waals surface area contributed by atoms with Crippen molar-refractivity contribution < 1.29 is 35.6 Å². The van der Waals surface area contributed by atoms with Gasteiger partial charge in [0, 0.05) is 17.1 Å². The first-order valence-electron chi connectivity index (χ1n) is 6.67. The average Bonchev–Trinajstić information content (AvgIpc) is 2.29. The van der Waals surface area contributed by atoms with E-state index in [1.165, 1.54) is 0 Å². The Labute approximate surface area is 122 Å². The monoisotopic (exact) mass is 322 g/mol. The van der Waals surface area contributed by atoms with Gasteiger partial charge >= 0.3 is 7.82 Å². The molecule has 112 valence electrons. The van der Waals surface area contributed by atoms with Gasteiger partial charge in [0.25, 0.3) is 0 Å². The van der Waals surface area contributed by atoms with Crippen molar-refractivity contribution in [3.63, 3.8) is 0 Å². The van der Waals surface area contributed by atoms with Crippen LogP contribution in [0.15, 0.2) is 0 Å². The molecule has 1 N–H and O–H groups in total. The first-order valence-corrected chi connectivity index (χ1v) is 8.17. The van der Waals surface area contributed by atoms with E-state index in [0.717, 1.165) is 38.5 Å². The number of hydrogen-bond acceptors (Lipinski definition) is 3. The van der Waals surface area contributed by atoms with Gasteiger partial charge in [0.15, 0.2) is 0 Å². The van der Waals surface area contributed by atoms with Crippen molar-refractivity contribution in [2.45, 2.75) is 59.3 Å². The molecule has 0 fully saturated rings. The third-order valence-corrected chi connectivity index (χ3v) is 3.75. The first-order chi connectivity index (χ1) is 8.05. The SMILES string of the molecule is CCCCOP(=O)(O)OCC(CC)CCCC.[Fe]. The minimum absolute atomic E-state index is 0. The smallest absolute Gasteiger partial charge is 0.302 e. The fourth-order valence-corrected chi connectivity index (χ4v) is 2.29. The zero-order chi connectivity index (χ0) is 13.1. The van der Waals surface area contributed by atoms with Crippen LogP contribution in [-0.2, 0) is 30.7 Å². The summed E-state index contributed by atoms with van der Waals surface area (Å²) in [5.41, 5.74) is 0. The van der Waals surface area contributed by atoms with Crippen molar-refractivity contribution in [3.8, 4) is 0 Å². The molecule has 0 aliphatic carbocycles. The molecule has 0 aromatic heterocycles. The molecule has 0 amide bonds. The topological polar surface area (TPSA) is 55.8 Å². The molecule has 0 spiro atoms. The molecule has 2 atom stereocenters. The van der Waals surface area contributed by atoms with Gasteiger partial charge < -0.3 is 4.89 Å². The Bertz CT molecular complexity index is 226. The molecule has 4 nitrogen and oxygen atoms in total. The molecular weight excluding hydrogens is 295 g/mol. The Hall–Kier alpha value is 0.629. The number of phosphoric acid groups is 1. The van der Waals surface area contributed by atoms with E-state index in [1.54, 1.807) is 0 Å². The molecule has 0 saturated carbocycles. The molecule has 0 heterocycles. The molecule has 0 aliphatic heterocycles. The second-order valence-corrected chi connectivity index (χ2v) is 5.82. The summed E-state index contributed by atoms with van der Waals surface area (Å²) in [4.78, 5) is 9.42. The summed E-state index contributed by atoms with van der Waals surface area (Å²) < 4.78 is 21.4. The van der Waals surface area contributed by atoms with Gasteiger partial charge in [0.2, 0.25) is 0 Å². The Morgan fingerprint density at radius 2 is 1.72 bits per heavy atom. The van der Waals surface area contributed by atoms with Gasteiger partial charge in [-0.15, -0.1) is 0 Å². The van der Waals surface area contributed by atoms with Crippen molar-refractivity contribution in [2.24, 2.45) is 5.92 Å². The first kappa shape index (κ1) is 20.9. The van der Waals surface area contributed by atoms with Gasteiger partial charge in [-0.05, 0) is 18.8 Å². The maximum atomic E-state index is 11.5. The van der Waals surface area contributed by atoms with Crippen LogP contribution in [0.5, 0.6) is 0 Å². The summed E-state index contributed by atoms with van der Waals surface area (Å²) in [7, 11) is -3.82. The van der Waals surface area contributed by atoms with Gasteiger partial charge in [-0.3, -0.25) is 9.05 Å².